The van der Waals surface area contributed by atoms with Gasteiger partial charge in [-0.2, -0.15) is 0 Å². The Morgan fingerprint density at radius 2 is 2.00 bits per heavy atom. The maximum absolute atomic E-state index is 12.4. The Labute approximate surface area is 134 Å². The number of hydrogen-bond acceptors (Lipinski definition) is 4. The summed E-state index contributed by atoms with van der Waals surface area (Å²) < 4.78 is 4.67. The molecule has 1 saturated heterocycles. The number of aliphatic hydroxyl groups is 1. The molecule has 1 heterocycles. The number of carbonyl (C=O) groups is 2. The Hall–Kier alpha value is -1.79. The molecule has 0 radical (unpaired) electrons. The summed E-state index contributed by atoms with van der Waals surface area (Å²) >= 11 is 5.82. The molecule has 0 aliphatic carbocycles. The van der Waals surface area contributed by atoms with Crippen molar-refractivity contribution in [2.24, 2.45) is 0 Å². The van der Waals surface area contributed by atoms with Gasteiger partial charge in [0.05, 0.1) is 26.2 Å². The molecule has 1 atom stereocenters. The first-order valence-electron chi connectivity index (χ1n) is 7.02. The van der Waals surface area contributed by atoms with Crippen LogP contribution in [0.3, 0.4) is 0 Å². The lowest BCUT2D eigenvalue weighted by molar-refractivity contribution is -0.136. The number of rotatable bonds is 3. The number of aliphatic hydroxyl groups excluding tert-OH is 1. The lowest BCUT2D eigenvalue weighted by Gasteiger charge is -2.40. The molecule has 0 saturated carbocycles. The number of ether oxygens (including phenoxy) is 1. The van der Waals surface area contributed by atoms with Crippen molar-refractivity contribution in [2.45, 2.75) is 12.5 Å². The van der Waals surface area contributed by atoms with Gasteiger partial charge in [-0.3, -0.25) is 4.79 Å². The molecule has 1 fully saturated rings. The van der Waals surface area contributed by atoms with Gasteiger partial charge in [-0.15, -0.1) is 0 Å². The number of amides is 2. The van der Waals surface area contributed by atoms with Crippen molar-refractivity contribution >= 4 is 23.6 Å². The van der Waals surface area contributed by atoms with Gasteiger partial charge in [-0.1, -0.05) is 23.7 Å². The highest BCUT2D eigenvalue weighted by molar-refractivity contribution is 6.30. The molecule has 7 heteroatoms. The number of piperazine rings is 1. The standard InChI is InChI=1S/C15H19ClN2O4/c1-22-15(21)17-6-7-18(13(9-17)10-19)14(20)8-11-2-4-12(16)5-3-11/h2-5,13,19H,6-10H2,1H3. The second-order valence-corrected chi connectivity index (χ2v) is 5.58. The fourth-order valence-corrected chi connectivity index (χ4v) is 2.64. The Kier molecular flexibility index (Phi) is 5.63. The molecule has 22 heavy (non-hydrogen) atoms. The van der Waals surface area contributed by atoms with Crippen molar-refractivity contribution in [3.63, 3.8) is 0 Å². The monoisotopic (exact) mass is 326 g/mol. The van der Waals surface area contributed by atoms with Crippen LogP contribution in [0.4, 0.5) is 4.79 Å². The Morgan fingerprint density at radius 3 is 2.59 bits per heavy atom. The molecule has 1 unspecified atom stereocenters. The number of benzene rings is 1. The van der Waals surface area contributed by atoms with Gasteiger partial charge in [0.15, 0.2) is 0 Å². The normalized spacial score (nSPS) is 18.2. The van der Waals surface area contributed by atoms with Gasteiger partial charge in [0.25, 0.3) is 0 Å². The molecule has 0 aromatic heterocycles. The highest BCUT2D eigenvalue weighted by Gasteiger charge is 2.32. The molecule has 6 nitrogen and oxygen atoms in total. The van der Waals surface area contributed by atoms with Crippen LogP contribution in [0, 0.1) is 0 Å². The molecule has 0 spiro atoms. The number of halogens is 1. The predicted molar refractivity (Wildman–Crippen MR) is 81.7 cm³/mol. The van der Waals surface area contributed by atoms with Crippen LogP contribution in [-0.4, -0.2) is 66.3 Å². The van der Waals surface area contributed by atoms with Crippen molar-refractivity contribution in [2.75, 3.05) is 33.4 Å². The molecule has 0 bridgehead atoms. The SMILES string of the molecule is COC(=O)N1CCN(C(=O)Cc2ccc(Cl)cc2)C(CO)C1. The summed E-state index contributed by atoms with van der Waals surface area (Å²) in [5.74, 6) is -0.0779. The van der Waals surface area contributed by atoms with Crippen LogP contribution in [0.5, 0.6) is 0 Å². The van der Waals surface area contributed by atoms with E-state index in [0.717, 1.165) is 5.56 Å². The molecule has 1 aliphatic heterocycles. The van der Waals surface area contributed by atoms with Crippen LogP contribution >= 0.6 is 11.6 Å². The zero-order valence-corrected chi connectivity index (χ0v) is 13.1. The molecular weight excluding hydrogens is 308 g/mol. The maximum atomic E-state index is 12.4. The fourth-order valence-electron chi connectivity index (χ4n) is 2.51. The summed E-state index contributed by atoms with van der Waals surface area (Å²) in [5.41, 5.74) is 0.862. The van der Waals surface area contributed by atoms with E-state index in [1.807, 2.05) is 0 Å². The molecule has 1 N–H and O–H groups in total. The minimum absolute atomic E-state index is 0.0779. The van der Waals surface area contributed by atoms with Crippen molar-refractivity contribution in [3.8, 4) is 0 Å². The second kappa shape index (κ2) is 7.47. The fraction of sp³-hybridized carbons (Fsp3) is 0.467. The van der Waals surface area contributed by atoms with Crippen molar-refractivity contribution in [1.29, 1.82) is 0 Å². The van der Waals surface area contributed by atoms with Gasteiger partial charge >= 0.3 is 6.09 Å². The van der Waals surface area contributed by atoms with Crippen molar-refractivity contribution in [1.82, 2.24) is 9.80 Å². The second-order valence-electron chi connectivity index (χ2n) is 5.14. The van der Waals surface area contributed by atoms with Crippen LogP contribution in [0.15, 0.2) is 24.3 Å². The van der Waals surface area contributed by atoms with E-state index >= 15 is 0 Å². The average Bonchev–Trinajstić information content (AvgIpc) is 2.55. The zero-order chi connectivity index (χ0) is 16.1. The van der Waals surface area contributed by atoms with Gasteiger partial charge < -0.3 is 19.6 Å². The van der Waals surface area contributed by atoms with E-state index in [9.17, 15) is 14.7 Å². The lowest BCUT2D eigenvalue weighted by atomic mass is 10.1. The molecule has 2 amide bonds. The quantitative estimate of drug-likeness (QED) is 0.904. The van der Waals surface area contributed by atoms with E-state index < -0.39 is 12.1 Å². The molecular formula is C15H19ClN2O4. The van der Waals surface area contributed by atoms with Gasteiger partial charge in [-0.25, -0.2) is 4.79 Å². The smallest absolute Gasteiger partial charge is 0.409 e. The first-order chi connectivity index (χ1) is 10.5. The van der Waals surface area contributed by atoms with Crippen LogP contribution in [0.1, 0.15) is 5.56 Å². The summed E-state index contributed by atoms with van der Waals surface area (Å²) in [5, 5.41) is 10.1. The predicted octanol–water partition coefficient (Wildman–Crippen LogP) is 1.15. The van der Waals surface area contributed by atoms with E-state index in [-0.39, 0.29) is 25.5 Å². The van der Waals surface area contributed by atoms with Crippen molar-refractivity contribution in [3.05, 3.63) is 34.9 Å². The minimum atomic E-state index is -0.441. The number of nitrogens with zero attached hydrogens (tertiary/aromatic N) is 2. The molecule has 1 aromatic rings. The van der Waals surface area contributed by atoms with Gasteiger partial charge in [-0.05, 0) is 17.7 Å². The number of hydrogen-bond donors (Lipinski definition) is 1. The first-order valence-corrected chi connectivity index (χ1v) is 7.40. The Bertz CT molecular complexity index is 535. The van der Waals surface area contributed by atoms with Gasteiger partial charge in [0.2, 0.25) is 5.91 Å². The number of methoxy groups -OCH3 is 1. The van der Waals surface area contributed by atoms with E-state index in [0.29, 0.717) is 18.1 Å². The maximum Gasteiger partial charge on any atom is 0.409 e. The molecule has 1 aromatic carbocycles. The largest absolute Gasteiger partial charge is 0.453 e. The van der Waals surface area contributed by atoms with Crippen LogP contribution < -0.4 is 0 Å². The van der Waals surface area contributed by atoms with Crippen LogP contribution in [0.2, 0.25) is 5.02 Å². The van der Waals surface area contributed by atoms with Gasteiger partial charge in [0.1, 0.15) is 0 Å². The Balaban J connectivity index is 2.00. The minimum Gasteiger partial charge on any atom is -0.453 e. The molecule has 2 rings (SSSR count). The van der Waals surface area contributed by atoms with Gasteiger partial charge in [0, 0.05) is 24.7 Å². The molecule has 1 aliphatic rings. The van der Waals surface area contributed by atoms with E-state index in [1.165, 1.54) is 12.0 Å². The van der Waals surface area contributed by atoms with Crippen molar-refractivity contribution < 1.29 is 19.4 Å². The summed E-state index contributed by atoms with van der Waals surface area (Å²) in [6, 6.07) is 6.68. The third-order valence-corrected chi connectivity index (χ3v) is 3.97. The highest BCUT2D eigenvalue weighted by atomic mass is 35.5. The van der Waals surface area contributed by atoms with Crippen LogP contribution in [0.25, 0.3) is 0 Å². The summed E-state index contributed by atoms with van der Waals surface area (Å²) in [6.45, 7) is 0.859. The van der Waals surface area contributed by atoms with E-state index in [1.54, 1.807) is 29.2 Å². The van der Waals surface area contributed by atoms with E-state index in [4.69, 9.17) is 11.6 Å². The summed E-state index contributed by atoms with van der Waals surface area (Å²) in [7, 11) is 1.31. The Morgan fingerprint density at radius 1 is 1.32 bits per heavy atom. The van der Waals surface area contributed by atoms with Crippen LogP contribution in [-0.2, 0) is 16.0 Å². The molecule has 120 valence electrons. The lowest BCUT2D eigenvalue weighted by Crippen LogP contribution is -2.58. The topological polar surface area (TPSA) is 70.1 Å². The average molecular weight is 327 g/mol. The third kappa shape index (κ3) is 3.90. The highest BCUT2D eigenvalue weighted by Crippen LogP contribution is 2.15. The zero-order valence-electron chi connectivity index (χ0n) is 12.4. The number of carbonyl (C=O) groups excluding carboxylic acids is 2. The first kappa shape index (κ1) is 16.6. The third-order valence-electron chi connectivity index (χ3n) is 3.72. The van der Waals surface area contributed by atoms with E-state index in [2.05, 4.69) is 4.74 Å². The summed E-state index contributed by atoms with van der Waals surface area (Å²) in [4.78, 5) is 27.1. The summed E-state index contributed by atoms with van der Waals surface area (Å²) in [6.07, 6.45) is -0.199.